The lowest BCUT2D eigenvalue weighted by molar-refractivity contribution is 0.0599. The molecular weight excluding hydrogens is 304 g/mol. The summed E-state index contributed by atoms with van der Waals surface area (Å²) in [6.07, 6.45) is 0. The SMILES string of the molecule is COC(=O)c1cc(I)nc(Cl)c1C. The van der Waals surface area contributed by atoms with Crippen LogP contribution in [0.1, 0.15) is 15.9 Å². The lowest BCUT2D eigenvalue weighted by atomic mass is 10.2. The predicted molar refractivity (Wildman–Crippen MR) is 58.0 cm³/mol. The van der Waals surface area contributed by atoms with Gasteiger partial charge in [0.25, 0.3) is 0 Å². The molecule has 0 N–H and O–H groups in total. The Labute approximate surface area is 94.6 Å². The van der Waals surface area contributed by atoms with Crippen LogP contribution in [0.15, 0.2) is 6.07 Å². The largest absolute Gasteiger partial charge is 0.465 e. The third-order valence-corrected chi connectivity index (χ3v) is 2.51. The van der Waals surface area contributed by atoms with E-state index >= 15 is 0 Å². The summed E-state index contributed by atoms with van der Waals surface area (Å²) >= 11 is 7.79. The van der Waals surface area contributed by atoms with E-state index in [0.717, 1.165) is 0 Å². The third kappa shape index (κ3) is 2.31. The van der Waals surface area contributed by atoms with Crippen LogP contribution in [0, 0.1) is 10.6 Å². The second-order valence-corrected chi connectivity index (χ2v) is 3.86. The van der Waals surface area contributed by atoms with Crippen molar-refractivity contribution in [3.05, 3.63) is 26.0 Å². The molecule has 0 bridgehead atoms. The Balaban J connectivity index is 3.28. The molecule has 1 aromatic rings. The molecule has 0 aromatic carbocycles. The molecule has 0 saturated carbocycles. The van der Waals surface area contributed by atoms with E-state index in [2.05, 4.69) is 9.72 Å². The maximum absolute atomic E-state index is 11.2. The summed E-state index contributed by atoms with van der Waals surface area (Å²) in [6, 6.07) is 1.65. The Morgan fingerprint density at radius 2 is 2.31 bits per heavy atom. The van der Waals surface area contributed by atoms with Crippen molar-refractivity contribution in [1.82, 2.24) is 4.98 Å². The lowest BCUT2D eigenvalue weighted by Crippen LogP contribution is -2.05. The van der Waals surface area contributed by atoms with Gasteiger partial charge in [0.2, 0.25) is 0 Å². The van der Waals surface area contributed by atoms with E-state index in [1.54, 1.807) is 13.0 Å². The zero-order chi connectivity index (χ0) is 10.0. The average Bonchev–Trinajstić information content (AvgIpc) is 2.10. The third-order valence-electron chi connectivity index (χ3n) is 1.59. The van der Waals surface area contributed by atoms with Gasteiger partial charge in [0.05, 0.1) is 12.7 Å². The zero-order valence-corrected chi connectivity index (χ0v) is 10.0. The van der Waals surface area contributed by atoms with Gasteiger partial charge in [-0.1, -0.05) is 11.6 Å². The molecule has 0 aliphatic heterocycles. The van der Waals surface area contributed by atoms with Crippen LogP contribution in [0.5, 0.6) is 0 Å². The standard InChI is InChI=1S/C8H7ClINO2/c1-4-5(8(12)13-2)3-6(10)11-7(4)9/h3H,1-2H3. The van der Waals surface area contributed by atoms with Crippen LogP contribution in [0.25, 0.3) is 0 Å². The molecule has 13 heavy (non-hydrogen) atoms. The first-order valence-corrected chi connectivity index (χ1v) is 4.93. The van der Waals surface area contributed by atoms with E-state index in [0.29, 0.717) is 20.0 Å². The highest BCUT2D eigenvalue weighted by Crippen LogP contribution is 2.19. The summed E-state index contributed by atoms with van der Waals surface area (Å²) in [7, 11) is 1.34. The fourth-order valence-electron chi connectivity index (χ4n) is 0.870. The van der Waals surface area contributed by atoms with E-state index < -0.39 is 0 Å². The van der Waals surface area contributed by atoms with Gasteiger partial charge in [-0.25, -0.2) is 9.78 Å². The van der Waals surface area contributed by atoms with Gasteiger partial charge in [-0.2, -0.15) is 0 Å². The maximum Gasteiger partial charge on any atom is 0.338 e. The number of rotatable bonds is 1. The minimum atomic E-state index is -0.389. The van der Waals surface area contributed by atoms with Crippen molar-refractivity contribution in [3.8, 4) is 0 Å². The molecule has 1 heterocycles. The number of ether oxygens (including phenoxy) is 1. The highest BCUT2D eigenvalue weighted by Gasteiger charge is 2.13. The van der Waals surface area contributed by atoms with Crippen molar-refractivity contribution in [3.63, 3.8) is 0 Å². The molecule has 0 amide bonds. The highest BCUT2D eigenvalue weighted by atomic mass is 127. The van der Waals surface area contributed by atoms with Crippen LogP contribution in [0.4, 0.5) is 0 Å². The van der Waals surface area contributed by atoms with Gasteiger partial charge in [0, 0.05) is 5.56 Å². The van der Waals surface area contributed by atoms with Crippen molar-refractivity contribution in [2.24, 2.45) is 0 Å². The zero-order valence-electron chi connectivity index (χ0n) is 7.10. The van der Waals surface area contributed by atoms with Gasteiger partial charge in [-0.3, -0.25) is 0 Å². The molecule has 0 radical (unpaired) electrons. The first-order valence-electron chi connectivity index (χ1n) is 3.47. The first kappa shape index (κ1) is 10.7. The van der Waals surface area contributed by atoms with Gasteiger partial charge >= 0.3 is 5.97 Å². The second kappa shape index (κ2) is 4.23. The molecular formula is C8H7ClINO2. The van der Waals surface area contributed by atoms with Gasteiger partial charge in [-0.15, -0.1) is 0 Å². The van der Waals surface area contributed by atoms with Crippen LogP contribution in [-0.2, 0) is 4.74 Å². The van der Waals surface area contributed by atoms with Crippen molar-refractivity contribution >= 4 is 40.2 Å². The number of hydrogen-bond donors (Lipinski definition) is 0. The summed E-state index contributed by atoms with van der Waals surface area (Å²) in [4.78, 5) is 15.2. The number of nitrogens with zero attached hydrogens (tertiary/aromatic N) is 1. The second-order valence-electron chi connectivity index (χ2n) is 2.40. The molecule has 0 aliphatic rings. The maximum atomic E-state index is 11.2. The van der Waals surface area contributed by atoms with Crippen LogP contribution in [-0.4, -0.2) is 18.1 Å². The Kier molecular flexibility index (Phi) is 3.49. The normalized spacial score (nSPS) is 9.85. The first-order chi connectivity index (χ1) is 6.06. The Morgan fingerprint density at radius 3 is 2.85 bits per heavy atom. The highest BCUT2D eigenvalue weighted by molar-refractivity contribution is 14.1. The molecule has 0 atom stereocenters. The summed E-state index contributed by atoms with van der Waals surface area (Å²) in [5.74, 6) is -0.389. The Bertz CT molecular complexity index is 354. The van der Waals surface area contributed by atoms with Gasteiger partial charge in [0.1, 0.15) is 8.85 Å². The molecule has 1 aromatic heterocycles. The number of hydrogen-bond acceptors (Lipinski definition) is 3. The van der Waals surface area contributed by atoms with Crippen LogP contribution < -0.4 is 0 Å². The van der Waals surface area contributed by atoms with E-state index in [-0.39, 0.29) is 5.97 Å². The van der Waals surface area contributed by atoms with E-state index in [1.165, 1.54) is 7.11 Å². The molecule has 0 spiro atoms. The number of esters is 1. The summed E-state index contributed by atoms with van der Waals surface area (Å²) in [5, 5.41) is 0.340. The van der Waals surface area contributed by atoms with Crippen molar-refractivity contribution in [2.75, 3.05) is 7.11 Å². The number of aromatic nitrogens is 1. The number of halogens is 2. The van der Waals surface area contributed by atoms with Crippen molar-refractivity contribution in [1.29, 1.82) is 0 Å². The van der Waals surface area contributed by atoms with Gasteiger partial charge < -0.3 is 4.74 Å². The fraction of sp³-hybridized carbons (Fsp3) is 0.250. The molecule has 3 nitrogen and oxygen atoms in total. The Morgan fingerprint density at radius 1 is 1.69 bits per heavy atom. The lowest BCUT2D eigenvalue weighted by Gasteiger charge is -2.05. The van der Waals surface area contributed by atoms with Crippen LogP contribution in [0.3, 0.4) is 0 Å². The minimum absolute atomic E-state index is 0.340. The van der Waals surface area contributed by atoms with Gasteiger partial charge in [0.15, 0.2) is 0 Å². The summed E-state index contributed by atoms with van der Waals surface area (Å²) < 4.78 is 5.27. The molecule has 0 saturated heterocycles. The fourth-order valence-corrected chi connectivity index (χ4v) is 1.76. The predicted octanol–water partition coefficient (Wildman–Crippen LogP) is 2.43. The van der Waals surface area contributed by atoms with E-state index in [9.17, 15) is 4.79 Å². The van der Waals surface area contributed by atoms with Crippen molar-refractivity contribution in [2.45, 2.75) is 6.92 Å². The van der Waals surface area contributed by atoms with Crippen LogP contribution in [0.2, 0.25) is 5.15 Å². The monoisotopic (exact) mass is 311 g/mol. The number of carbonyl (C=O) groups is 1. The van der Waals surface area contributed by atoms with E-state index in [4.69, 9.17) is 11.6 Å². The molecule has 0 aliphatic carbocycles. The Hall–Kier alpha value is -0.360. The minimum Gasteiger partial charge on any atom is -0.465 e. The average molecular weight is 312 g/mol. The summed E-state index contributed by atoms with van der Waals surface area (Å²) in [5.41, 5.74) is 1.11. The molecule has 5 heteroatoms. The van der Waals surface area contributed by atoms with Crippen molar-refractivity contribution < 1.29 is 9.53 Å². The number of pyridine rings is 1. The molecule has 1 rings (SSSR count). The summed E-state index contributed by atoms with van der Waals surface area (Å²) in [6.45, 7) is 1.73. The van der Waals surface area contributed by atoms with E-state index in [1.807, 2.05) is 22.6 Å². The molecule has 0 fully saturated rings. The van der Waals surface area contributed by atoms with Gasteiger partial charge in [-0.05, 0) is 35.6 Å². The smallest absolute Gasteiger partial charge is 0.338 e. The quantitative estimate of drug-likeness (QED) is 0.454. The number of methoxy groups -OCH3 is 1. The molecule has 70 valence electrons. The topological polar surface area (TPSA) is 39.2 Å². The molecule has 0 unspecified atom stereocenters. The number of carbonyl (C=O) groups excluding carboxylic acids is 1. The van der Waals surface area contributed by atoms with Crippen LogP contribution >= 0.6 is 34.2 Å².